The molecule has 0 aromatic rings. The van der Waals surface area contributed by atoms with Gasteiger partial charge in [-0.1, -0.05) is 33.4 Å². The van der Waals surface area contributed by atoms with Gasteiger partial charge in [-0.05, 0) is 48.2 Å². The van der Waals surface area contributed by atoms with E-state index in [1.165, 1.54) is 0 Å². The van der Waals surface area contributed by atoms with Crippen molar-refractivity contribution in [3.8, 4) is 0 Å². The third-order valence-corrected chi connectivity index (χ3v) is 8.20. The Kier molecular flexibility index (Phi) is 3.16. The summed E-state index contributed by atoms with van der Waals surface area (Å²) in [5, 5.41) is 33.1. The summed E-state index contributed by atoms with van der Waals surface area (Å²) in [5.41, 5.74) is -1.16. The monoisotopic (exact) mass is 332 g/mol. The van der Waals surface area contributed by atoms with Crippen molar-refractivity contribution in [2.45, 2.75) is 58.3 Å². The molecule has 0 radical (unpaired) electrons. The summed E-state index contributed by atoms with van der Waals surface area (Å²) in [4.78, 5) is 12.4. The fraction of sp³-hybridized carbons (Fsp3) is 0.750. The van der Waals surface area contributed by atoms with Gasteiger partial charge in [0.2, 0.25) is 0 Å². The zero-order chi connectivity index (χ0) is 17.7. The van der Waals surface area contributed by atoms with Gasteiger partial charge in [0.1, 0.15) is 0 Å². The van der Waals surface area contributed by atoms with Crippen LogP contribution in [0.1, 0.15) is 40.0 Å². The molecule has 4 heteroatoms. The first-order valence-corrected chi connectivity index (χ1v) is 9.06. The summed E-state index contributed by atoms with van der Waals surface area (Å²) in [6.45, 7) is 10.1. The number of carbonyl (C=O) groups is 1. The minimum absolute atomic E-state index is 0.00191. The Morgan fingerprint density at radius 1 is 1.12 bits per heavy atom. The van der Waals surface area contributed by atoms with Crippen LogP contribution in [0.4, 0.5) is 0 Å². The molecule has 0 aromatic heterocycles. The van der Waals surface area contributed by atoms with Crippen molar-refractivity contribution in [2.75, 3.05) is 0 Å². The molecule has 3 saturated carbocycles. The number of allylic oxidation sites excluding steroid dienone is 2. The fourth-order valence-electron chi connectivity index (χ4n) is 6.90. The van der Waals surface area contributed by atoms with Gasteiger partial charge in [0.05, 0.1) is 23.7 Å². The molecule has 8 atom stereocenters. The minimum atomic E-state index is -0.952. The lowest BCUT2D eigenvalue weighted by molar-refractivity contribution is -0.231. The molecule has 1 spiro atoms. The molecule has 0 heterocycles. The number of hydrogen-bond acceptors (Lipinski definition) is 4. The Labute approximate surface area is 143 Å². The standard InChI is InChI=1S/C20H28O4/c1-10-11-5-6-12-19(4)8-7-14(21)18(2,3)13(19)9-15(22)20(12,16(10)23)17(11)24/h7-8,11-13,15-17,22-24H,1,5-6,9H2,2-4H3. The predicted octanol–water partition coefficient (Wildman–Crippen LogP) is 1.84. The van der Waals surface area contributed by atoms with Crippen LogP contribution >= 0.6 is 0 Å². The molecule has 0 aromatic carbocycles. The van der Waals surface area contributed by atoms with E-state index < -0.39 is 29.1 Å². The van der Waals surface area contributed by atoms with E-state index >= 15 is 0 Å². The maximum atomic E-state index is 12.4. The van der Waals surface area contributed by atoms with E-state index in [1.54, 1.807) is 6.08 Å². The van der Waals surface area contributed by atoms with E-state index in [0.29, 0.717) is 12.0 Å². The van der Waals surface area contributed by atoms with Crippen LogP contribution in [0.25, 0.3) is 0 Å². The third kappa shape index (κ3) is 1.54. The van der Waals surface area contributed by atoms with Crippen molar-refractivity contribution >= 4 is 5.78 Å². The molecular formula is C20H28O4. The Balaban J connectivity index is 1.91. The van der Waals surface area contributed by atoms with E-state index in [4.69, 9.17) is 0 Å². The Morgan fingerprint density at radius 2 is 1.79 bits per heavy atom. The highest BCUT2D eigenvalue weighted by atomic mass is 16.3. The van der Waals surface area contributed by atoms with E-state index in [1.807, 2.05) is 19.9 Å². The number of aliphatic hydroxyl groups excluding tert-OH is 3. The van der Waals surface area contributed by atoms with Gasteiger partial charge >= 0.3 is 0 Å². The highest BCUT2D eigenvalue weighted by molar-refractivity contribution is 5.95. The first-order valence-electron chi connectivity index (χ1n) is 9.06. The van der Waals surface area contributed by atoms with Crippen LogP contribution in [0.15, 0.2) is 24.3 Å². The number of ketones is 1. The average Bonchev–Trinajstić information content (AvgIpc) is 2.64. The molecule has 132 valence electrons. The average molecular weight is 332 g/mol. The van der Waals surface area contributed by atoms with Gasteiger partial charge in [-0.2, -0.15) is 0 Å². The van der Waals surface area contributed by atoms with Crippen molar-refractivity contribution < 1.29 is 20.1 Å². The fourth-order valence-corrected chi connectivity index (χ4v) is 6.90. The first-order chi connectivity index (χ1) is 11.1. The molecule has 4 nitrogen and oxygen atoms in total. The van der Waals surface area contributed by atoms with E-state index in [-0.39, 0.29) is 29.0 Å². The van der Waals surface area contributed by atoms with Crippen molar-refractivity contribution in [1.29, 1.82) is 0 Å². The molecular weight excluding hydrogens is 304 g/mol. The van der Waals surface area contributed by atoms with E-state index in [2.05, 4.69) is 13.5 Å². The Morgan fingerprint density at radius 3 is 2.46 bits per heavy atom. The highest BCUT2D eigenvalue weighted by Crippen LogP contribution is 2.70. The lowest BCUT2D eigenvalue weighted by atomic mass is 9.41. The summed E-state index contributed by atoms with van der Waals surface area (Å²) >= 11 is 0. The normalized spacial score (nSPS) is 55.2. The summed E-state index contributed by atoms with van der Waals surface area (Å²) in [6.07, 6.45) is 3.22. The van der Waals surface area contributed by atoms with Crippen LogP contribution in [0, 0.1) is 34.0 Å². The topological polar surface area (TPSA) is 77.8 Å². The van der Waals surface area contributed by atoms with Crippen LogP contribution in [0.3, 0.4) is 0 Å². The zero-order valence-electron chi connectivity index (χ0n) is 14.7. The molecule has 0 amide bonds. The third-order valence-electron chi connectivity index (χ3n) is 8.20. The molecule has 8 unspecified atom stereocenters. The Hall–Kier alpha value is -0.970. The quantitative estimate of drug-likeness (QED) is 0.592. The van der Waals surface area contributed by atoms with Crippen molar-refractivity contribution in [1.82, 2.24) is 0 Å². The zero-order valence-corrected chi connectivity index (χ0v) is 14.7. The minimum Gasteiger partial charge on any atom is -0.392 e. The number of aliphatic hydroxyl groups is 3. The number of rotatable bonds is 0. The SMILES string of the molecule is C=C1C2CCC3C4(C)C=CC(=O)C(C)(C)C4CC(O)C3(C1O)C2O. The predicted molar refractivity (Wildman–Crippen MR) is 89.9 cm³/mol. The van der Waals surface area contributed by atoms with Gasteiger partial charge in [0.25, 0.3) is 0 Å². The van der Waals surface area contributed by atoms with Crippen molar-refractivity contribution in [3.05, 3.63) is 24.3 Å². The second-order valence-electron chi connectivity index (χ2n) is 9.25. The van der Waals surface area contributed by atoms with Crippen LogP contribution in [0.5, 0.6) is 0 Å². The van der Waals surface area contributed by atoms with Gasteiger partial charge < -0.3 is 15.3 Å². The molecule has 4 aliphatic rings. The molecule has 4 rings (SSSR count). The van der Waals surface area contributed by atoms with E-state index in [9.17, 15) is 20.1 Å². The summed E-state index contributed by atoms with van der Waals surface area (Å²) in [5.74, 6) is -0.104. The largest absolute Gasteiger partial charge is 0.392 e. The first kappa shape index (κ1) is 16.5. The van der Waals surface area contributed by atoms with Gasteiger partial charge in [0.15, 0.2) is 5.78 Å². The van der Waals surface area contributed by atoms with Crippen LogP contribution in [0.2, 0.25) is 0 Å². The highest BCUT2D eigenvalue weighted by Gasteiger charge is 2.73. The van der Waals surface area contributed by atoms with Crippen molar-refractivity contribution in [2.24, 2.45) is 34.0 Å². The molecule has 2 bridgehead atoms. The maximum Gasteiger partial charge on any atom is 0.161 e. The molecule has 4 aliphatic carbocycles. The summed E-state index contributed by atoms with van der Waals surface area (Å²) in [6, 6.07) is 0. The molecule has 3 N–H and O–H groups in total. The van der Waals surface area contributed by atoms with E-state index in [0.717, 1.165) is 12.8 Å². The summed E-state index contributed by atoms with van der Waals surface area (Å²) in [7, 11) is 0. The molecule has 0 aliphatic heterocycles. The van der Waals surface area contributed by atoms with Crippen molar-refractivity contribution in [3.63, 3.8) is 0 Å². The molecule has 24 heavy (non-hydrogen) atoms. The second-order valence-corrected chi connectivity index (χ2v) is 9.25. The summed E-state index contributed by atoms with van der Waals surface area (Å²) < 4.78 is 0. The van der Waals surface area contributed by atoms with Gasteiger partial charge in [0, 0.05) is 11.3 Å². The lowest BCUT2D eigenvalue weighted by Gasteiger charge is -2.64. The van der Waals surface area contributed by atoms with Crippen LogP contribution in [-0.2, 0) is 4.79 Å². The van der Waals surface area contributed by atoms with Gasteiger partial charge in [-0.25, -0.2) is 0 Å². The van der Waals surface area contributed by atoms with Gasteiger partial charge in [-0.3, -0.25) is 4.79 Å². The number of carbonyl (C=O) groups excluding carboxylic acids is 1. The lowest BCUT2D eigenvalue weighted by Crippen LogP contribution is -2.67. The second kappa shape index (κ2) is 4.60. The van der Waals surface area contributed by atoms with Crippen LogP contribution < -0.4 is 0 Å². The van der Waals surface area contributed by atoms with Gasteiger partial charge in [-0.15, -0.1) is 0 Å². The molecule has 3 fully saturated rings. The maximum absolute atomic E-state index is 12.4. The Bertz CT molecular complexity index is 650. The smallest absolute Gasteiger partial charge is 0.161 e. The number of fused-ring (bicyclic) bond motifs is 3. The number of hydrogen-bond donors (Lipinski definition) is 3. The molecule has 0 saturated heterocycles. The van der Waals surface area contributed by atoms with Crippen LogP contribution in [-0.4, -0.2) is 39.4 Å².